The van der Waals surface area contributed by atoms with Crippen molar-refractivity contribution in [3.05, 3.63) is 47.5 Å². The van der Waals surface area contributed by atoms with Crippen LogP contribution in [0.2, 0.25) is 0 Å². The lowest BCUT2D eigenvalue weighted by atomic mass is 9.76. The zero-order chi connectivity index (χ0) is 19.8. The number of hydrogen-bond acceptors (Lipinski definition) is 3. The van der Waals surface area contributed by atoms with Crippen molar-refractivity contribution < 1.29 is 4.74 Å². The predicted molar refractivity (Wildman–Crippen MR) is 112 cm³/mol. The van der Waals surface area contributed by atoms with Gasteiger partial charge in [0.2, 0.25) is 0 Å². The maximum atomic E-state index is 5.92. The van der Waals surface area contributed by atoms with Crippen LogP contribution in [-0.4, -0.2) is 22.1 Å². The van der Waals surface area contributed by atoms with Crippen LogP contribution in [0.15, 0.2) is 36.4 Å². The van der Waals surface area contributed by atoms with Gasteiger partial charge < -0.3 is 4.74 Å². The van der Waals surface area contributed by atoms with Crippen LogP contribution < -0.4 is 4.74 Å². The molecule has 2 aromatic carbocycles. The Morgan fingerprint density at radius 2 is 1.44 bits per heavy atom. The Morgan fingerprint density at radius 1 is 0.889 bits per heavy atom. The first-order valence-corrected chi connectivity index (χ1v) is 9.79. The molecule has 0 radical (unpaired) electrons. The first kappa shape index (κ1) is 19.4. The number of hydrogen-bond donors (Lipinski definition) is 0. The molecule has 3 aromatic rings. The molecule has 0 saturated carbocycles. The van der Waals surface area contributed by atoms with Crippen molar-refractivity contribution in [1.29, 1.82) is 0 Å². The normalized spacial score (nSPS) is 12.6. The van der Waals surface area contributed by atoms with E-state index in [2.05, 4.69) is 53.7 Å². The first-order valence-electron chi connectivity index (χ1n) is 9.79. The largest absolute Gasteiger partial charge is 0.494 e. The maximum absolute atomic E-state index is 5.92. The van der Waals surface area contributed by atoms with E-state index in [0.29, 0.717) is 0 Å². The summed E-state index contributed by atoms with van der Waals surface area (Å²) in [5.41, 5.74) is 5.23. The minimum absolute atomic E-state index is 0.00744. The Balaban J connectivity index is 2.33. The molecule has 0 saturated heterocycles. The first-order chi connectivity index (χ1) is 12.7. The minimum atomic E-state index is -0.00744. The molecular formula is C23H31N3O. The number of aromatic nitrogens is 3. The van der Waals surface area contributed by atoms with E-state index in [1.807, 2.05) is 24.3 Å². The second-order valence-corrected chi connectivity index (χ2v) is 8.53. The van der Waals surface area contributed by atoms with Crippen LogP contribution in [0.3, 0.4) is 0 Å². The molecule has 1 aromatic heterocycles. The molecule has 3 rings (SSSR count). The molecule has 0 aliphatic rings. The summed E-state index contributed by atoms with van der Waals surface area (Å²) in [7, 11) is 1.74. The Kier molecular flexibility index (Phi) is 5.02. The molecule has 0 unspecified atom stereocenters. The molecule has 4 nitrogen and oxygen atoms in total. The fourth-order valence-corrected chi connectivity index (χ4v) is 3.23. The zero-order valence-electron chi connectivity index (χ0n) is 17.6. The molecular weight excluding hydrogens is 334 g/mol. The van der Waals surface area contributed by atoms with Gasteiger partial charge in [0.05, 0.1) is 7.11 Å². The standard InChI is InChI=1S/C23H31N3O/c1-8-22(3,4)16-14-17(23(5,6)9-2)21(27-7)20(15-16)26-24-18-12-10-11-13-19(18)25-26/h10-15H,8-9H2,1-7H3. The number of rotatable bonds is 6. The van der Waals surface area contributed by atoms with Gasteiger partial charge >= 0.3 is 0 Å². The Bertz CT molecular complexity index is 920. The van der Waals surface area contributed by atoms with Crippen LogP contribution >= 0.6 is 0 Å². The highest BCUT2D eigenvalue weighted by Gasteiger charge is 2.29. The molecule has 0 bridgehead atoms. The summed E-state index contributed by atoms with van der Waals surface area (Å²) in [6.45, 7) is 13.6. The average Bonchev–Trinajstić information content (AvgIpc) is 3.10. The molecule has 0 aliphatic heterocycles. The van der Waals surface area contributed by atoms with E-state index in [9.17, 15) is 0 Å². The third-order valence-corrected chi connectivity index (χ3v) is 6.05. The second kappa shape index (κ2) is 6.99. The summed E-state index contributed by atoms with van der Waals surface area (Å²) in [5.74, 6) is 0.859. The Labute approximate surface area is 162 Å². The van der Waals surface area contributed by atoms with Gasteiger partial charge in [0.15, 0.2) is 0 Å². The van der Waals surface area contributed by atoms with E-state index in [1.54, 1.807) is 11.9 Å². The highest BCUT2D eigenvalue weighted by molar-refractivity contribution is 5.74. The molecule has 27 heavy (non-hydrogen) atoms. The number of nitrogens with zero attached hydrogens (tertiary/aromatic N) is 3. The topological polar surface area (TPSA) is 39.9 Å². The van der Waals surface area contributed by atoms with E-state index in [-0.39, 0.29) is 10.8 Å². The van der Waals surface area contributed by atoms with Gasteiger partial charge in [-0.15, -0.1) is 15.0 Å². The predicted octanol–water partition coefficient (Wildman–Crippen LogP) is 5.80. The van der Waals surface area contributed by atoms with Gasteiger partial charge in [-0.2, -0.15) is 0 Å². The molecule has 0 atom stereocenters. The lowest BCUT2D eigenvalue weighted by molar-refractivity contribution is 0.383. The van der Waals surface area contributed by atoms with Gasteiger partial charge in [-0.25, -0.2) is 0 Å². The van der Waals surface area contributed by atoms with Gasteiger partial charge in [0.1, 0.15) is 22.5 Å². The van der Waals surface area contributed by atoms with Crippen LogP contribution in [0, 0.1) is 0 Å². The van der Waals surface area contributed by atoms with Crippen molar-refractivity contribution in [2.45, 2.75) is 65.2 Å². The van der Waals surface area contributed by atoms with Gasteiger partial charge in [-0.1, -0.05) is 59.7 Å². The zero-order valence-corrected chi connectivity index (χ0v) is 17.6. The third-order valence-electron chi connectivity index (χ3n) is 6.05. The lowest BCUT2D eigenvalue weighted by Gasteiger charge is -2.31. The van der Waals surface area contributed by atoms with E-state index < -0.39 is 0 Å². The SMILES string of the molecule is CCC(C)(C)c1cc(-n2nc3ccccc3n2)c(OC)c(C(C)(C)CC)c1. The van der Waals surface area contributed by atoms with E-state index >= 15 is 0 Å². The molecule has 0 aliphatic carbocycles. The van der Waals surface area contributed by atoms with Crippen molar-refractivity contribution in [2.75, 3.05) is 7.11 Å². The van der Waals surface area contributed by atoms with Crippen molar-refractivity contribution in [3.63, 3.8) is 0 Å². The molecule has 144 valence electrons. The fraction of sp³-hybridized carbons (Fsp3) is 0.478. The highest BCUT2D eigenvalue weighted by atomic mass is 16.5. The monoisotopic (exact) mass is 365 g/mol. The number of fused-ring (bicyclic) bond motifs is 1. The minimum Gasteiger partial charge on any atom is -0.494 e. The van der Waals surface area contributed by atoms with Crippen molar-refractivity contribution >= 4 is 11.0 Å². The number of methoxy groups -OCH3 is 1. The molecule has 0 fully saturated rings. The van der Waals surface area contributed by atoms with Gasteiger partial charge in [-0.05, 0) is 47.4 Å². The van der Waals surface area contributed by atoms with Crippen molar-refractivity contribution in [1.82, 2.24) is 15.0 Å². The molecule has 0 N–H and O–H groups in total. The van der Waals surface area contributed by atoms with Crippen LogP contribution in [0.5, 0.6) is 5.75 Å². The van der Waals surface area contributed by atoms with Crippen LogP contribution in [-0.2, 0) is 10.8 Å². The second-order valence-electron chi connectivity index (χ2n) is 8.53. The molecule has 0 spiro atoms. The van der Waals surface area contributed by atoms with Crippen LogP contribution in [0.25, 0.3) is 16.7 Å². The molecule has 4 heteroatoms. The lowest BCUT2D eigenvalue weighted by Crippen LogP contribution is -2.22. The quantitative estimate of drug-likeness (QED) is 0.554. The van der Waals surface area contributed by atoms with Crippen LogP contribution in [0.4, 0.5) is 0 Å². The summed E-state index contributed by atoms with van der Waals surface area (Å²) in [4.78, 5) is 1.73. The van der Waals surface area contributed by atoms with Crippen molar-refractivity contribution in [2.24, 2.45) is 0 Å². The van der Waals surface area contributed by atoms with Crippen LogP contribution in [0.1, 0.15) is 65.5 Å². The third kappa shape index (κ3) is 3.45. The maximum Gasteiger partial charge on any atom is 0.150 e. The molecule has 1 heterocycles. The summed E-state index contributed by atoms with van der Waals surface area (Å²) in [5, 5.41) is 9.43. The Morgan fingerprint density at radius 3 is 1.93 bits per heavy atom. The summed E-state index contributed by atoms with van der Waals surface area (Å²) in [6.07, 6.45) is 2.08. The van der Waals surface area contributed by atoms with E-state index in [4.69, 9.17) is 14.9 Å². The highest BCUT2D eigenvalue weighted by Crippen LogP contribution is 2.42. The Hall–Kier alpha value is -2.36. The van der Waals surface area contributed by atoms with E-state index in [1.165, 1.54) is 11.1 Å². The summed E-state index contributed by atoms with van der Waals surface area (Å²) >= 11 is 0. The van der Waals surface area contributed by atoms with Gasteiger partial charge in [-0.3, -0.25) is 0 Å². The molecule has 0 amide bonds. The smallest absolute Gasteiger partial charge is 0.150 e. The number of benzene rings is 2. The van der Waals surface area contributed by atoms with E-state index in [0.717, 1.165) is 35.3 Å². The number of ether oxygens (including phenoxy) is 1. The van der Waals surface area contributed by atoms with Gasteiger partial charge in [0.25, 0.3) is 0 Å². The summed E-state index contributed by atoms with van der Waals surface area (Å²) in [6, 6.07) is 12.5. The summed E-state index contributed by atoms with van der Waals surface area (Å²) < 4.78 is 5.92. The fourth-order valence-electron chi connectivity index (χ4n) is 3.23. The van der Waals surface area contributed by atoms with Gasteiger partial charge in [0, 0.05) is 5.56 Å². The van der Waals surface area contributed by atoms with Crippen molar-refractivity contribution in [3.8, 4) is 11.4 Å². The average molecular weight is 366 g/mol.